The standard InChI is InChI=1S/C11H16N2O5S/c1-8(2)10(14)13-19(16,17)6-4-12-11(15)9-3-5-18-7-9/h3,5,7-8H,4,6H2,1-2H3,(H,12,15)(H,13,14). The molecule has 1 aromatic rings. The van der Waals surface area contributed by atoms with E-state index < -0.39 is 27.8 Å². The zero-order valence-electron chi connectivity index (χ0n) is 10.7. The third-order valence-corrected chi connectivity index (χ3v) is 3.47. The van der Waals surface area contributed by atoms with Gasteiger partial charge >= 0.3 is 0 Å². The average Bonchev–Trinajstić information content (AvgIpc) is 2.81. The fourth-order valence-corrected chi connectivity index (χ4v) is 2.13. The van der Waals surface area contributed by atoms with Crippen molar-refractivity contribution in [2.75, 3.05) is 12.3 Å². The summed E-state index contributed by atoms with van der Waals surface area (Å²) in [4.78, 5) is 22.7. The predicted molar refractivity (Wildman–Crippen MR) is 67.8 cm³/mol. The number of rotatable bonds is 6. The Balaban J connectivity index is 2.40. The Labute approximate surface area is 111 Å². The van der Waals surface area contributed by atoms with E-state index in [4.69, 9.17) is 4.42 Å². The molecule has 106 valence electrons. The molecule has 8 heteroatoms. The molecule has 0 saturated carbocycles. The molecule has 1 rings (SSSR count). The Bertz CT molecular complexity index is 533. The normalized spacial score (nSPS) is 11.3. The summed E-state index contributed by atoms with van der Waals surface area (Å²) in [7, 11) is -3.73. The molecule has 0 atom stereocenters. The smallest absolute Gasteiger partial charge is 0.254 e. The van der Waals surface area contributed by atoms with E-state index in [1.165, 1.54) is 18.6 Å². The van der Waals surface area contributed by atoms with Crippen molar-refractivity contribution in [3.05, 3.63) is 24.2 Å². The third-order valence-electron chi connectivity index (χ3n) is 2.22. The van der Waals surface area contributed by atoms with E-state index in [0.717, 1.165) is 0 Å². The Morgan fingerprint density at radius 2 is 2.05 bits per heavy atom. The summed E-state index contributed by atoms with van der Waals surface area (Å²) in [6, 6.07) is 1.46. The molecule has 0 bridgehead atoms. The topological polar surface area (TPSA) is 105 Å². The van der Waals surface area contributed by atoms with Crippen LogP contribution in [0.15, 0.2) is 23.0 Å². The first-order valence-electron chi connectivity index (χ1n) is 5.66. The molecule has 19 heavy (non-hydrogen) atoms. The van der Waals surface area contributed by atoms with Crippen LogP contribution in [-0.4, -0.2) is 32.5 Å². The predicted octanol–water partition coefficient (Wildman–Crippen LogP) is 0.111. The van der Waals surface area contributed by atoms with E-state index in [2.05, 4.69) is 5.32 Å². The number of amides is 2. The molecule has 2 N–H and O–H groups in total. The Kier molecular flexibility index (Phi) is 5.11. The van der Waals surface area contributed by atoms with E-state index in [1.54, 1.807) is 13.8 Å². The minimum absolute atomic E-state index is 0.0925. The van der Waals surface area contributed by atoms with E-state index in [-0.39, 0.29) is 12.3 Å². The Morgan fingerprint density at radius 3 is 2.58 bits per heavy atom. The fraction of sp³-hybridized carbons (Fsp3) is 0.455. The van der Waals surface area contributed by atoms with E-state index in [0.29, 0.717) is 5.56 Å². The van der Waals surface area contributed by atoms with Crippen molar-refractivity contribution in [3.8, 4) is 0 Å². The molecule has 0 aliphatic heterocycles. The Hall–Kier alpha value is -1.83. The number of carbonyl (C=O) groups is 2. The maximum Gasteiger partial charge on any atom is 0.254 e. The van der Waals surface area contributed by atoms with Crippen molar-refractivity contribution in [3.63, 3.8) is 0 Å². The molecule has 1 aromatic heterocycles. The highest BCUT2D eigenvalue weighted by molar-refractivity contribution is 7.90. The summed E-state index contributed by atoms with van der Waals surface area (Å²) in [6.07, 6.45) is 2.60. The molecule has 0 aliphatic rings. The van der Waals surface area contributed by atoms with Gasteiger partial charge in [0.15, 0.2) is 0 Å². The summed E-state index contributed by atoms with van der Waals surface area (Å²) >= 11 is 0. The molecule has 0 unspecified atom stereocenters. The zero-order chi connectivity index (χ0) is 14.5. The first-order chi connectivity index (χ1) is 8.82. The first kappa shape index (κ1) is 15.2. The summed E-state index contributed by atoms with van der Waals surface area (Å²) in [6.45, 7) is 3.09. The van der Waals surface area contributed by atoms with Gasteiger partial charge in [-0.25, -0.2) is 8.42 Å². The summed E-state index contributed by atoms with van der Waals surface area (Å²) in [5.41, 5.74) is 0.309. The van der Waals surface area contributed by atoms with E-state index >= 15 is 0 Å². The van der Waals surface area contributed by atoms with E-state index in [9.17, 15) is 18.0 Å². The molecule has 0 fully saturated rings. The highest BCUT2D eigenvalue weighted by Crippen LogP contribution is 1.99. The van der Waals surface area contributed by atoms with Gasteiger partial charge in [0, 0.05) is 12.5 Å². The molecule has 0 saturated heterocycles. The summed E-state index contributed by atoms with van der Waals surface area (Å²) in [5, 5.41) is 2.41. The van der Waals surface area contributed by atoms with Crippen LogP contribution in [0.1, 0.15) is 24.2 Å². The second-order valence-electron chi connectivity index (χ2n) is 4.21. The zero-order valence-corrected chi connectivity index (χ0v) is 11.5. The molecule has 2 amide bonds. The molecule has 0 spiro atoms. The van der Waals surface area contributed by atoms with Gasteiger partial charge in [-0.05, 0) is 6.07 Å². The number of hydrogen-bond acceptors (Lipinski definition) is 5. The number of nitrogens with one attached hydrogen (secondary N) is 2. The monoisotopic (exact) mass is 288 g/mol. The van der Waals surface area contributed by atoms with Gasteiger partial charge in [-0.2, -0.15) is 0 Å². The van der Waals surface area contributed by atoms with Crippen LogP contribution in [0.4, 0.5) is 0 Å². The fourth-order valence-electron chi connectivity index (χ4n) is 1.12. The van der Waals surface area contributed by atoms with Crippen LogP contribution < -0.4 is 10.0 Å². The molecular formula is C11H16N2O5S. The molecule has 1 heterocycles. The lowest BCUT2D eigenvalue weighted by Crippen LogP contribution is -2.39. The van der Waals surface area contributed by atoms with Crippen molar-refractivity contribution in [1.82, 2.24) is 10.0 Å². The number of hydrogen-bond donors (Lipinski definition) is 2. The second kappa shape index (κ2) is 6.37. The third kappa shape index (κ3) is 5.12. The van der Waals surface area contributed by atoms with Gasteiger partial charge in [0.25, 0.3) is 5.91 Å². The maximum absolute atomic E-state index is 11.5. The van der Waals surface area contributed by atoms with Crippen LogP contribution in [0.25, 0.3) is 0 Å². The van der Waals surface area contributed by atoms with Crippen molar-refractivity contribution >= 4 is 21.8 Å². The number of carbonyl (C=O) groups excluding carboxylic acids is 2. The highest BCUT2D eigenvalue weighted by Gasteiger charge is 2.17. The lowest BCUT2D eigenvalue weighted by Gasteiger charge is -2.09. The minimum atomic E-state index is -3.73. The minimum Gasteiger partial charge on any atom is -0.472 e. The van der Waals surface area contributed by atoms with Crippen molar-refractivity contribution < 1.29 is 22.4 Å². The van der Waals surface area contributed by atoms with Gasteiger partial charge in [0.1, 0.15) is 6.26 Å². The SMILES string of the molecule is CC(C)C(=O)NS(=O)(=O)CCNC(=O)c1ccoc1. The second-order valence-corrected chi connectivity index (χ2v) is 6.05. The van der Waals surface area contributed by atoms with Crippen molar-refractivity contribution in [2.24, 2.45) is 5.92 Å². The van der Waals surface area contributed by atoms with Crippen molar-refractivity contribution in [1.29, 1.82) is 0 Å². The molecule has 0 aromatic carbocycles. The van der Waals surface area contributed by atoms with Gasteiger partial charge in [0.05, 0.1) is 17.6 Å². The average molecular weight is 288 g/mol. The number of sulfonamides is 1. The van der Waals surface area contributed by atoms with Crippen LogP contribution in [0.3, 0.4) is 0 Å². The Morgan fingerprint density at radius 1 is 1.37 bits per heavy atom. The first-order valence-corrected chi connectivity index (χ1v) is 7.32. The van der Waals surface area contributed by atoms with Gasteiger partial charge in [0.2, 0.25) is 15.9 Å². The van der Waals surface area contributed by atoms with Crippen LogP contribution >= 0.6 is 0 Å². The quantitative estimate of drug-likeness (QED) is 0.773. The number of furan rings is 1. The maximum atomic E-state index is 11.5. The molecule has 0 aliphatic carbocycles. The molecule has 0 radical (unpaired) electrons. The lowest BCUT2D eigenvalue weighted by molar-refractivity contribution is -0.122. The van der Waals surface area contributed by atoms with Crippen molar-refractivity contribution in [2.45, 2.75) is 13.8 Å². The van der Waals surface area contributed by atoms with Crippen LogP contribution in [0, 0.1) is 5.92 Å². The largest absolute Gasteiger partial charge is 0.472 e. The summed E-state index contributed by atoms with van der Waals surface area (Å²) < 4.78 is 29.7. The highest BCUT2D eigenvalue weighted by atomic mass is 32.2. The van der Waals surface area contributed by atoms with Crippen LogP contribution in [0.5, 0.6) is 0 Å². The summed E-state index contributed by atoms with van der Waals surface area (Å²) in [5.74, 6) is -1.79. The van der Waals surface area contributed by atoms with E-state index in [1.807, 2.05) is 4.72 Å². The van der Waals surface area contributed by atoms with Crippen LogP contribution in [-0.2, 0) is 14.8 Å². The lowest BCUT2D eigenvalue weighted by atomic mass is 10.2. The van der Waals surface area contributed by atoms with Gasteiger partial charge in [-0.1, -0.05) is 13.8 Å². The van der Waals surface area contributed by atoms with Crippen LogP contribution in [0.2, 0.25) is 0 Å². The van der Waals surface area contributed by atoms with Gasteiger partial charge in [-0.3, -0.25) is 14.3 Å². The molecular weight excluding hydrogens is 272 g/mol. The van der Waals surface area contributed by atoms with Gasteiger partial charge < -0.3 is 9.73 Å². The molecule has 7 nitrogen and oxygen atoms in total. The van der Waals surface area contributed by atoms with Gasteiger partial charge in [-0.15, -0.1) is 0 Å².